The van der Waals surface area contributed by atoms with Crippen molar-refractivity contribution in [2.75, 3.05) is 6.54 Å². The Balaban J connectivity index is 1.92. The molecular weight excluding hydrogens is 296 g/mol. The van der Waals surface area contributed by atoms with Gasteiger partial charge < -0.3 is 22.1 Å². The van der Waals surface area contributed by atoms with E-state index in [0.29, 0.717) is 13.0 Å². The Morgan fingerprint density at radius 1 is 0.957 bits per heavy atom. The van der Waals surface area contributed by atoms with Crippen molar-refractivity contribution in [3.8, 4) is 0 Å². The first-order valence-electron chi connectivity index (χ1n) is 7.08. The summed E-state index contributed by atoms with van der Waals surface area (Å²) >= 11 is 0. The van der Waals surface area contributed by atoms with Crippen LogP contribution >= 0.6 is 0 Å². The number of hydrogen-bond donors (Lipinski definition) is 4. The summed E-state index contributed by atoms with van der Waals surface area (Å²) in [7, 11) is 0. The number of urea groups is 1. The molecule has 0 spiro atoms. The summed E-state index contributed by atoms with van der Waals surface area (Å²) in [6.45, 7) is 0.337. The molecule has 2 aromatic rings. The third-order valence-corrected chi connectivity index (χ3v) is 3.40. The van der Waals surface area contributed by atoms with Crippen molar-refractivity contribution in [1.82, 2.24) is 10.6 Å². The van der Waals surface area contributed by atoms with Crippen molar-refractivity contribution < 1.29 is 14.4 Å². The van der Waals surface area contributed by atoms with E-state index in [1.54, 1.807) is 0 Å². The van der Waals surface area contributed by atoms with Gasteiger partial charge in [-0.3, -0.25) is 9.59 Å². The van der Waals surface area contributed by atoms with Crippen LogP contribution in [0.15, 0.2) is 42.5 Å². The highest BCUT2D eigenvalue weighted by Gasteiger charge is 2.23. The SMILES string of the molecule is NC(=O)C(NC(=O)NCCc1cccc2ccccc12)C(N)=O. The molecule has 0 saturated heterocycles. The number of fused-ring (bicyclic) bond motifs is 1. The lowest BCUT2D eigenvalue weighted by Gasteiger charge is -2.13. The van der Waals surface area contributed by atoms with E-state index in [1.807, 2.05) is 42.5 Å². The minimum atomic E-state index is -1.52. The molecule has 4 amide bonds. The molecule has 0 aliphatic heterocycles. The molecule has 0 radical (unpaired) electrons. The Morgan fingerprint density at radius 3 is 2.30 bits per heavy atom. The van der Waals surface area contributed by atoms with Gasteiger partial charge in [0.2, 0.25) is 11.8 Å². The molecule has 6 N–H and O–H groups in total. The number of carbonyl (C=O) groups is 3. The van der Waals surface area contributed by atoms with Crippen LogP contribution in [0.1, 0.15) is 5.56 Å². The Morgan fingerprint density at radius 2 is 1.61 bits per heavy atom. The number of hydrogen-bond acceptors (Lipinski definition) is 3. The summed E-state index contributed by atoms with van der Waals surface area (Å²) in [6, 6.07) is 11.7. The van der Waals surface area contributed by atoms with Crippen LogP contribution in [0.5, 0.6) is 0 Å². The predicted octanol–water partition coefficient (Wildman–Crippen LogP) is 0.0207. The first-order chi connectivity index (χ1) is 11.0. The molecule has 120 valence electrons. The monoisotopic (exact) mass is 314 g/mol. The average molecular weight is 314 g/mol. The van der Waals surface area contributed by atoms with Crippen LogP contribution in [0.2, 0.25) is 0 Å². The molecule has 2 aromatic carbocycles. The smallest absolute Gasteiger partial charge is 0.315 e. The Hall–Kier alpha value is -3.09. The van der Waals surface area contributed by atoms with Crippen molar-refractivity contribution >= 4 is 28.6 Å². The van der Waals surface area contributed by atoms with E-state index in [0.717, 1.165) is 16.3 Å². The van der Waals surface area contributed by atoms with Crippen LogP contribution in [-0.2, 0) is 16.0 Å². The zero-order valence-electron chi connectivity index (χ0n) is 12.4. The number of nitrogens with one attached hydrogen (secondary N) is 2. The fourth-order valence-corrected chi connectivity index (χ4v) is 2.29. The predicted molar refractivity (Wildman–Crippen MR) is 86.4 cm³/mol. The normalized spacial score (nSPS) is 10.5. The number of rotatable bonds is 6. The van der Waals surface area contributed by atoms with Crippen LogP contribution < -0.4 is 22.1 Å². The van der Waals surface area contributed by atoms with Gasteiger partial charge in [-0.1, -0.05) is 42.5 Å². The molecule has 0 atom stereocenters. The summed E-state index contributed by atoms with van der Waals surface area (Å²) in [5.74, 6) is -2.00. The molecule has 0 fully saturated rings. The molecule has 23 heavy (non-hydrogen) atoms. The van der Waals surface area contributed by atoms with Crippen molar-refractivity contribution in [2.45, 2.75) is 12.5 Å². The second-order valence-electron chi connectivity index (χ2n) is 5.03. The Kier molecular flexibility index (Phi) is 5.14. The quantitative estimate of drug-likeness (QED) is 0.561. The van der Waals surface area contributed by atoms with E-state index in [4.69, 9.17) is 11.5 Å². The standard InChI is InChI=1S/C16H18N4O3/c17-14(21)13(15(18)22)20-16(23)19-9-8-11-6-3-5-10-4-1-2-7-12(10)11/h1-7,13H,8-9H2,(H2,17,21)(H2,18,22)(H2,19,20,23). The number of carbonyl (C=O) groups excluding carboxylic acids is 3. The van der Waals surface area contributed by atoms with Gasteiger partial charge in [0.05, 0.1) is 0 Å². The van der Waals surface area contributed by atoms with Crippen LogP contribution in [0, 0.1) is 0 Å². The first-order valence-corrected chi connectivity index (χ1v) is 7.08. The summed E-state index contributed by atoms with van der Waals surface area (Å²) in [4.78, 5) is 33.7. The zero-order valence-corrected chi connectivity index (χ0v) is 12.4. The van der Waals surface area contributed by atoms with E-state index in [-0.39, 0.29) is 0 Å². The lowest BCUT2D eigenvalue weighted by molar-refractivity contribution is -0.128. The topological polar surface area (TPSA) is 127 Å². The maximum absolute atomic E-state index is 11.7. The van der Waals surface area contributed by atoms with Gasteiger partial charge >= 0.3 is 6.03 Å². The molecule has 0 saturated carbocycles. The third kappa shape index (κ3) is 4.19. The molecular formula is C16H18N4O3. The molecule has 7 heteroatoms. The fraction of sp³-hybridized carbons (Fsp3) is 0.188. The minimum absolute atomic E-state index is 0.337. The summed E-state index contributed by atoms with van der Waals surface area (Å²) in [5.41, 5.74) is 11.1. The van der Waals surface area contributed by atoms with Gasteiger partial charge in [-0.05, 0) is 22.8 Å². The lowest BCUT2D eigenvalue weighted by Crippen LogP contribution is -2.55. The number of primary amides is 2. The number of nitrogens with two attached hydrogens (primary N) is 2. The van der Waals surface area contributed by atoms with Gasteiger partial charge in [0, 0.05) is 6.54 Å². The van der Waals surface area contributed by atoms with Gasteiger partial charge in [0.1, 0.15) is 0 Å². The second kappa shape index (κ2) is 7.26. The third-order valence-electron chi connectivity index (χ3n) is 3.40. The van der Waals surface area contributed by atoms with Crippen molar-refractivity contribution in [2.24, 2.45) is 11.5 Å². The Bertz CT molecular complexity index is 726. The highest BCUT2D eigenvalue weighted by atomic mass is 16.2. The second-order valence-corrected chi connectivity index (χ2v) is 5.03. The highest BCUT2D eigenvalue weighted by molar-refractivity contribution is 6.05. The van der Waals surface area contributed by atoms with Gasteiger partial charge in [-0.2, -0.15) is 0 Å². The van der Waals surface area contributed by atoms with Gasteiger partial charge in [0.25, 0.3) is 0 Å². The zero-order chi connectivity index (χ0) is 16.8. The van der Waals surface area contributed by atoms with Gasteiger partial charge in [-0.15, -0.1) is 0 Å². The lowest BCUT2D eigenvalue weighted by atomic mass is 10.0. The molecule has 0 heterocycles. The van der Waals surface area contributed by atoms with E-state index < -0.39 is 23.9 Å². The molecule has 0 aromatic heterocycles. The maximum atomic E-state index is 11.7. The summed E-state index contributed by atoms with van der Waals surface area (Å²) in [5, 5.41) is 6.95. The first kappa shape index (κ1) is 16.3. The van der Waals surface area contributed by atoms with E-state index in [1.165, 1.54) is 0 Å². The van der Waals surface area contributed by atoms with Crippen LogP contribution in [0.3, 0.4) is 0 Å². The maximum Gasteiger partial charge on any atom is 0.315 e. The molecule has 7 nitrogen and oxygen atoms in total. The van der Waals surface area contributed by atoms with Crippen molar-refractivity contribution in [3.05, 3.63) is 48.0 Å². The van der Waals surface area contributed by atoms with Gasteiger partial charge in [0.15, 0.2) is 6.04 Å². The van der Waals surface area contributed by atoms with Crippen LogP contribution in [-0.4, -0.2) is 30.4 Å². The van der Waals surface area contributed by atoms with Crippen molar-refractivity contribution in [3.63, 3.8) is 0 Å². The molecule has 0 aliphatic carbocycles. The van der Waals surface area contributed by atoms with E-state index in [9.17, 15) is 14.4 Å². The molecule has 0 unspecified atom stereocenters. The summed E-state index contributed by atoms with van der Waals surface area (Å²) < 4.78 is 0. The van der Waals surface area contributed by atoms with Crippen molar-refractivity contribution in [1.29, 1.82) is 0 Å². The van der Waals surface area contributed by atoms with Crippen LogP contribution in [0.25, 0.3) is 10.8 Å². The fourth-order valence-electron chi connectivity index (χ4n) is 2.29. The molecule has 0 bridgehead atoms. The van der Waals surface area contributed by atoms with E-state index in [2.05, 4.69) is 10.6 Å². The average Bonchev–Trinajstić information content (AvgIpc) is 2.52. The number of benzene rings is 2. The summed E-state index contributed by atoms with van der Waals surface area (Å²) in [6.07, 6.45) is 0.604. The largest absolute Gasteiger partial charge is 0.367 e. The van der Waals surface area contributed by atoms with Crippen LogP contribution in [0.4, 0.5) is 4.79 Å². The molecule has 2 rings (SSSR count). The Labute approximate surface area is 133 Å². The van der Waals surface area contributed by atoms with Gasteiger partial charge in [-0.25, -0.2) is 4.79 Å². The highest BCUT2D eigenvalue weighted by Crippen LogP contribution is 2.18. The minimum Gasteiger partial charge on any atom is -0.367 e. The molecule has 0 aliphatic rings. The van der Waals surface area contributed by atoms with E-state index >= 15 is 0 Å². The number of amides is 4.